The van der Waals surface area contributed by atoms with Gasteiger partial charge in [0.2, 0.25) is 0 Å². The molecule has 1 atom stereocenters. The van der Waals surface area contributed by atoms with Gasteiger partial charge in [-0.15, -0.1) is 0 Å². The molecule has 152 valence electrons. The summed E-state index contributed by atoms with van der Waals surface area (Å²) < 4.78 is 0. The van der Waals surface area contributed by atoms with Crippen molar-refractivity contribution < 1.29 is 14.8 Å². The number of anilines is 2. The van der Waals surface area contributed by atoms with E-state index >= 15 is 0 Å². The third kappa shape index (κ3) is 3.51. The molecule has 0 bridgehead atoms. The predicted octanol–water partition coefficient (Wildman–Crippen LogP) is 4.33. The highest BCUT2D eigenvalue weighted by atomic mass is 35.5. The molecule has 1 unspecified atom stereocenters. The minimum Gasteiger partial charge on any atom is -0.368 e. The number of rotatable bonds is 5. The van der Waals surface area contributed by atoms with Gasteiger partial charge in [-0.05, 0) is 55.0 Å². The Morgan fingerprint density at radius 3 is 2.50 bits per heavy atom. The molecular formula is C23H20ClN3O3. The molecule has 0 spiro atoms. The minimum atomic E-state index is -0.976. The molecule has 0 saturated carbocycles. The van der Waals surface area contributed by atoms with Gasteiger partial charge in [-0.3, -0.25) is 14.8 Å². The highest BCUT2D eigenvalue weighted by Gasteiger charge is 2.47. The monoisotopic (exact) mass is 421 g/mol. The predicted molar refractivity (Wildman–Crippen MR) is 116 cm³/mol. The number of hydroxylamine groups is 1. The van der Waals surface area contributed by atoms with Crippen LogP contribution in [-0.2, 0) is 16.9 Å². The zero-order valence-electron chi connectivity index (χ0n) is 16.2. The molecule has 4 rings (SSSR count). The first-order valence-electron chi connectivity index (χ1n) is 9.41. The topological polar surface area (TPSA) is 81.7 Å². The molecule has 0 radical (unpaired) electrons. The van der Waals surface area contributed by atoms with Crippen molar-refractivity contribution in [2.75, 3.05) is 10.2 Å². The maximum Gasteiger partial charge on any atom is 0.274 e. The lowest BCUT2D eigenvalue weighted by Gasteiger charge is -2.27. The van der Waals surface area contributed by atoms with Crippen LogP contribution in [0.3, 0.4) is 0 Å². The SMILES string of the molecule is CC1(Nc2ccc(C(=O)NO)cc2)C(=O)N(Cc2cccc(Cl)c2)c2ccccc21. The molecule has 1 aliphatic heterocycles. The third-order valence-electron chi connectivity index (χ3n) is 5.28. The summed E-state index contributed by atoms with van der Waals surface area (Å²) in [5.41, 5.74) is 4.27. The minimum absolute atomic E-state index is 0.0825. The first-order chi connectivity index (χ1) is 14.4. The Bertz CT molecular complexity index is 1120. The van der Waals surface area contributed by atoms with Crippen molar-refractivity contribution in [1.82, 2.24) is 5.48 Å². The third-order valence-corrected chi connectivity index (χ3v) is 5.51. The Morgan fingerprint density at radius 2 is 1.80 bits per heavy atom. The maximum absolute atomic E-state index is 13.5. The van der Waals surface area contributed by atoms with Gasteiger partial charge in [0.15, 0.2) is 0 Å². The van der Waals surface area contributed by atoms with Crippen LogP contribution in [0.25, 0.3) is 0 Å². The van der Waals surface area contributed by atoms with Gasteiger partial charge in [0.25, 0.3) is 11.8 Å². The zero-order valence-corrected chi connectivity index (χ0v) is 17.0. The van der Waals surface area contributed by atoms with Crippen LogP contribution in [0.2, 0.25) is 5.02 Å². The van der Waals surface area contributed by atoms with E-state index in [1.54, 1.807) is 40.7 Å². The summed E-state index contributed by atoms with van der Waals surface area (Å²) in [5, 5.41) is 12.7. The summed E-state index contributed by atoms with van der Waals surface area (Å²) >= 11 is 6.12. The number of halogens is 1. The Kier molecular flexibility index (Phi) is 5.20. The van der Waals surface area contributed by atoms with E-state index in [0.717, 1.165) is 16.8 Å². The molecular weight excluding hydrogens is 402 g/mol. The van der Waals surface area contributed by atoms with Crippen LogP contribution in [0.15, 0.2) is 72.8 Å². The fraction of sp³-hybridized carbons (Fsp3) is 0.130. The van der Waals surface area contributed by atoms with Crippen molar-refractivity contribution in [2.45, 2.75) is 19.0 Å². The second kappa shape index (κ2) is 7.82. The van der Waals surface area contributed by atoms with Gasteiger partial charge in [-0.2, -0.15) is 0 Å². The molecule has 2 amide bonds. The highest BCUT2D eigenvalue weighted by Crippen LogP contribution is 2.42. The van der Waals surface area contributed by atoms with Crippen molar-refractivity contribution in [1.29, 1.82) is 0 Å². The Hall–Kier alpha value is -3.35. The standard InChI is InChI=1S/C23H20ClN3O3/c1-23(25-18-11-9-16(10-12-18)21(28)26-30)19-7-2-3-8-20(19)27(22(23)29)14-15-5-4-6-17(24)13-15/h2-13,25,30H,14H2,1H3,(H,26,28). The number of carbonyl (C=O) groups excluding carboxylic acids is 2. The van der Waals surface area contributed by atoms with E-state index < -0.39 is 11.4 Å². The van der Waals surface area contributed by atoms with Crippen molar-refractivity contribution >= 4 is 34.8 Å². The summed E-state index contributed by atoms with van der Waals surface area (Å²) in [6.45, 7) is 2.25. The largest absolute Gasteiger partial charge is 0.368 e. The number of benzene rings is 3. The van der Waals surface area contributed by atoms with Crippen LogP contribution in [0.4, 0.5) is 11.4 Å². The number of hydrogen-bond donors (Lipinski definition) is 3. The Labute approximate surface area is 179 Å². The molecule has 0 aromatic heterocycles. The van der Waals surface area contributed by atoms with E-state index in [2.05, 4.69) is 5.32 Å². The van der Waals surface area contributed by atoms with Crippen molar-refractivity contribution in [3.63, 3.8) is 0 Å². The van der Waals surface area contributed by atoms with Crippen molar-refractivity contribution in [3.05, 3.63) is 94.5 Å². The normalized spacial score (nSPS) is 17.6. The number of para-hydroxylation sites is 1. The van der Waals surface area contributed by atoms with Crippen LogP contribution in [0.5, 0.6) is 0 Å². The van der Waals surface area contributed by atoms with Gasteiger partial charge in [0.05, 0.1) is 12.2 Å². The molecule has 3 N–H and O–H groups in total. The van der Waals surface area contributed by atoms with Gasteiger partial charge < -0.3 is 10.2 Å². The summed E-state index contributed by atoms with van der Waals surface area (Å²) in [6, 6.07) is 21.7. The average Bonchev–Trinajstić information content (AvgIpc) is 2.96. The fourth-order valence-corrected chi connectivity index (χ4v) is 3.99. The van der Waals surface area contributed by atoms with E-state index in [-0.39, 0.29) is 5.91 Å². The summed E-state index contributed by atoms with van der Waals surface area (Å²) in [7, 11) is 0. The summed E-state index contributed by atoms with van der Waals surface area (Å²) in [4.78, 5) is 26.8. The number of amides is 2. The number of fused-ring (bicyclic) bond motifs is 1. The number of carbonyl (C=O) groups is 2. The second-order valence-corrected chi connectivity index (χ2v) is 7.74. The number of nitrogens with zero attached hydrogens (tertiary/aromatic N) is 1. The van der Waals surface area contributed by atoms with Gasteiger partial charge >= 0.3 is 0 Å². The Morgan fingerprint density at radius 1 is 1.07 bits per heavy atom. The van der Waals surface area contributed by atoms with E-state index in [1.165, 1.54) is 0 Å². The van der Waals surface area contributed by atoms with E-state index in [0.29, 0.717) is 22.8 Å². The Balaban J connectivity index is 1.66. The van der Waals surface area contributed by atoms with Crippen LogP contribution >= 0.6 is 11.6 Å². The molecule has 7 heteroatoms. The maximum atomic E-state index is 13.5. The van der Waals surface area contributed by atoms with Crippen molar-refractivity contribution in [3.8, 4) is 0 Å². The number of hydrogen-bond acceptors (Lipinski definition) is 4. The van der Waals surface area contributed by atoms with E-state index in [9.17, 15) is 9.59 Å². The van der Waals surface area contributed by atoms with Gasteiger partial charge in [0, 0.05) is 21.8 Å². The molecule has 1 aliphatic rings. The first kappa shape index (κ1) is 19.9. The molecule has 30 heavy (non-hydrogen) atoms. The van der Waals surface area contributed by atoms with Crippen LogP contribution in [0, 0.1) is 0 Å². The molecule has 3 aromatic carbocycles. The second-order valence-electron chi connectivity index (χ2n) is 7.31. The summed E-state index contributed by atoms with van der Waals surface area (Å²) in [6.07, 6.45) is 0. The van der Waals surface area contributed by atoms with Gasteiger partial charge in [-0.25, -0.2) is 5.48 Å². The van der Waals surface area contributed by atoms with Crippen molar-refractivity contribution in [2.24, 2.45) is 0 Å². The zero-order chi connectivity index (χ0) is 21.3. The van der Waals surface area contributed by atoms with Crippen LogP contribution < -0.4 is 15.7 Å². The molecule has 3 aromatic rings. The fourth-order valence-electron chi connectivity index (χ4n) is 3.78. The average molecular weight is 422 g/mol. The lowest BCUT2D eigenvalue weighted by atomic mass is 9.93. The smallest absolute Gasteiger partial charge is 0.274 e. The quantitative estimate of drug-likeness (QED) is 0.423. The first-order valence-corrected chi connectivity index (χ1v) is 9.79. The molecule has 0 saturated heterocycles. The molecule has 0 fully saturated rings. The number of nitrogens with one attached hydrogen (secondary N) is 2. The van der Waals surface area contributed by atoms with Gasteiger partial charge in [0.1, 0.15) is 5.54 Å². The van der Waals surface area contributed by atoms with Crippen LogP contribution in [0.1, 0.15) is 28.4 Å². The highest BCUT2D eigenvalue weighted by molar-refractivity contribution is 6.30. The van der Waals surface area contributed by atoms with Crippen LogP contribution in [-0.4, -0.2) is 17.0 Å². The summed E-state index contributed by atoms with van der Waals surface area (Å²) in [5.74, 6) is -0.677. The molecule has 0 aliphatic carbocycles. The van der Waals surface area contributed by atoms with E-state index in [4.69, 9.17) is 16.8 Å². The lowest BCUT2D eigenvalue weighted by Crippen LogP contribution is -2.43. The van der Waals surface area contributed by atoms with E-state index in [1.807, 2.05) is 49.4 Å². The molecule has 6 nitrogen and oxygen atoms in total. The lowest BCUT2D eigenvalue weighted by molar-refractivity contribution is -0.121. The molecule has 1 heterocycles. The van der Waals surface area contributed by atoms with Gasteiger partial charge in [-0.1, -0.05) is 41.9 Å².